The molecule has 0 radical (unpaired) electrons. The molecule has 0 aromatic carbocycles. The highest BCUT2D eigenvalue weighted by Gasteiger charge is 2.46. The predicted octanol–water partition coefficient (Wildman–Crippen LogP) is 2.65. The summed E-state index contributed by atoms with van der Waals surface area (Å²) in [4.78, 5) is 13.1. The Morgan fingerprint density at radius 1 is 1.13 bits per heavy atom. The van der Waals surface area contributed by atoms with E-state index in [9.17, 15) is 5.11 Å². The molecule has 0 aliphatic carbocycles. The van der Waals surface area contributed by atoms with Crippen molar-refractivity contribution in [2.24, 2.45) is 21.8 Å². The van der Waals surface area contributed by atoms with Gasteiger partial charge in [-0.3, -0.25) is 9.98 Å². The van der Waals surface area contributed by atoms with Gasteiger partial charge in [-0.25, -0.2) is 0 Å². The molecule has 1 atom stereocenters. The van der Waals surface area contributed by atoms with Crippen LogP contribution in [0.4, 0.5) is 0 Å². The number of thioether (sulfide) groups is 2. The standard InChI is InChI=1S/C8H14N2OS.C8H12N2S/c1-6(2)8(11)5-12-7-9-3-4-10(7)8;1-6(2)7-5-11-8-9-3-4-10(7)8/h6,11H,3-5H2,1-2H3;5-6H,3-4H2,1-2H3. The van der Waals surface area contributed by atoms with Gasteiger partial charge in [-0.15, -0.1) is 0 Å². The number of nitrogens with zero attached hydrogens (tertiary/aromatic N) is 4. The second kappa shape index (κ2) is 6.69. The number of allylic oxidation sites excluding steroid dienone is 1. The Labute approximate surface area is 147 Å². The summed E-state index contributed by atoms with van der Waals surface area (Å²) in [6.45, 7) is 12.4. The third kappa shape index (κ3) is 3.15. The molecular formula is C16H26N4OS2. The van der Waals surface area contributed by atoms with Gasteiger partial charge in [0, 0.05) is 30.5 Å². The lowest BCUT2D eigenvalue weighted by molar-refractivity contribution is -0.0752. The van der Waals surface area contributed by atoms with Crippen LogP contribution in [0.3, 0.4) is 0 Å². The predicted molar refractivity (Wildman–Crippen MR) is 101 cm³/mol. The molecular weight excluding hydrogens is 328 g/mol. The first-order chi connectivity index (χ1) is 10.9. The third-order valence-corrected chi connectivity index (χ3v) is 6.69. The Morgan fingerprint density at radius 2 is 1.83 bits per heavy atom. The maximum Gasteiger partial charge on any atom is 0.167 e. The highest BCUT2D eigenvalue weighted by atomic mass is 32.2. The van der Waals surface area contributed by atoms with E-state index in [-0.39, 0.29) is 5.92 Å². The van der Waals surface area contributed by atoms with Gasteiger partial charge >= 0.3 is 0 Å². The minimum Gasteiger partial charge on any atom is -0.370 e. The summed E-state index contributed by atoms with van der Waals surface area (Å²) in [6.07, 6.45) is 0. The molecule has 1 unspecified atom stereocenters. The highest BCUT2D eigenvalue weighted by Crippen LogP contribution is 2.38. The highest BCUT2D eigenvalue weighted by molar-refractivity contribution is 8.16. The van der Waals surface area contributed by atoms with Crippen LogP contribution in [0.2, 0.25) is 0 Å². The van der Waals surface area contributed by atoms with E-state index < -0.39 is 5.72 Å². The molecule has 0 spiro atoms. The Balaban J connectivity index is 0.000000136. The van der Waals surface area contributed by atoms with Crippen LogP contribution >= 0.6 is 23.5 Å². The van der Waals surface area contributed by atoms with Crippen molar-refractivity contribution in [2.75, 3.05) is 31.9 Å². The molecule has 128 valence electrons. The summed E-state index contributed by atoms with van der Waals surface area (Å²) in [5.74, 6) is 1.67. The molecule has 4 aliphatic rings. The molecule has 1 N–H and O–H groups in total. The van der Waals surface area contributed by atoms with E-state index in [4.69, 9.17) is 0 Å². The topological polar surface area (TPSA) is 51.4 Å². The lowest BCUT2D eigenvalue weighted by Gasteiger charge is -2.35. The van der Waals surface area contributed by atoms with Crippen LogP contribution in [0.1, 0.15) is 27.7 Å². The number of hydrogen-bond donors (Lipinski definition) is 1. The molecule has 1 saturated heterocycles. The summed E-state index contributed by atoms with van der Waals surface area (Å²) in [7, 11) is 0. The van der Waals surface area contributed by atoms with E-state index in [0.29, 0.717) is 5.92 Å². The number of amidine groups is 2. The summed E-state index contributed by atoms with van der Waals surface area (Å²) >= 11 is 3.44. The van der Waals surface area contributed by atoms with E-state index in [2.05, 4.69) is 48.0 Å². The van der Waals surface area contributed by atoms with Gasteiger partial charge in [0.15, 0.2) is 16.1 Å². The first-order valence-electron chi connectivity index (χ1n) is 8.29. The largest absolute Gasteiger partial charge is 0.370 e. The molecule has 0 amide bonds. The fraction of sp³-hybridized carbons (Fsp3) is 0.750. The van der Waals surface area contributed by atoms with Gasteiger partial charge < -0.3 is 14.9 Å². The molecule has 0 bridgehead atoms. The van der Waals surface area contributed by atoms with E-state index in [0.717, 1.165) is 37.1 Å². The molecule has 23 heavy (non-hydrogen) atoms. The minimum atomic E-state index is -0.639. The number of hydrogen-bond acceptors (Lipinski definition) is 7. The summed E-state index contributed by atoms with van der Waals surface area (Å²) < 4.78 is 0. The Kier molecular flexibility index (Phi) is 4.99. The van der Waals surface area contributed by atoms with Crippen LogP contribution in [-0.4, -0.2) is 62.9 Å². The van der Waals surface area contributed by atoms with Crippen LogP contribution in [-0.2, 0) is 0 Å². The van der Waals surface area contributed by atoms with Crippen molar-refractivity contribution in [1.82, 2.24) is 9.80 Å². The van der Waals surface area contributed by atoms with Gasteiger partial charge in [-0.1, -0.05) is 51.2 Å². The van der Waals surface area contributed by atoms with Crippen molar-refractivity contribution in [1.29, 1.82) is 0 Å². The summed E-state index contributed by atoms with van der Waals surface area (Å²) in [5, 5.41) is 14.7. The first kappa shape index (κ1) is 17.2. The number of fused-ring (bicyclic) bond motifs is 2. The fourth-order valence-electron chi connectivity index (χ4n) is 3.03. The van der Waals surface area contributed by atoms with Crippen LogP contribution in [0.5, 0.6) is 0 Å². The van der Waals surface area contributed by atoms with Gasteiger partial charge in [0.05, 0.1) is 13.1 Å². The Morgan fingerprint density at radius 3 is 2.52 bits per heavy atom. The maximum atomic E-state index is 10.3. The van der Waals surface area contributed by atoms with Gasteiger partial charge in [0.25, 0.3) is 0 Å². The Hall–Kier alpha value is -0.660. The molecule has 5 nitrogen and oxygen atoms in total. The van der Waals surface area contributed by atoms with Crippen molar-refractivity contribution >= 4 is 33.9 Å². The van der Waals surface area contributed by atoms with Crippen molar-refractivity contribution in [3.8, 4) is 0 Å². The average molecular weight is 355 g/mol. The van der Waals surface area contributed by atoms with Crippen molar-refractivity contribution in [3.05, 3.63) is 11.1 Å². The van der Waals surface area contributed by atoms with Crippen LogP contribution in [0.15, 0.2) is 21.1 Å². The lowest BCUT2D eigenvalue weighted by Crippen LogP contribution is -2.50. The van der Waals surface area contributed by atoms with Gasteiger partial charge in [-0.05, 0) is 11.3 Å². The van der Waals surface area contributed by atoms with E-state index in [1.165, 1.54) is 10.9 Å². The molecule has 7 heteroatoms. The monoisotopic (exact) mass is 354 g/mol. The zero-order chi connectivity index (χ0) is 16.6. The van der Waals surface area contributed by atoms with Gasteiger partial charge in [0.2, 0.25) is 0 Å². The normalized spacial score (nSPS) is 28.6. The second-order valence-electron chi connectivity index (χ2n) is 6.77. The SMILES string of the molecule is CC(C)C1(O)CSC2=NCCN21.CC(C)C1=CSC2=NCCN12. The first-order valence-corrected chi connectivity index (χ1v) is 10.2. The van der Waals surface area contributed by atoms with E-state index >= 15 is 0 Å². The minimum absolute atomic E-state index is 0.274. The second-order valence-corrected chi connectivity index (χ2v) is 8.55. The summed E-state index contributed by atoms with van der Waals surface area (Å²) in [6, 6.07) is 0. The zero-order valence-electron chi connectivity index (χ0n) is 14.3. The lowest BCUT2D eigenvalue weighted by atomic mass is 10.0. The molecule has 0 aromatic rings. The molecule has 4 aliphatic heterocycles. The van der Waals surface area contributed by atoms with Crippen molar-refractivity contribution in [3.63, 3.8) is 0 Å². The Bertz CT molecular complexity index is 558. The van der Waals surface area contributed by atoms with Crippen LogP contribution in [0, 0.1) is 11.8 Å². The maximum absolute atomic E-state index is 10.3. The van der Waals surface area contributed by atoms with E-state index in [1.807, 2.05) is 4.90 Å². The molecule has 4 rings (SSSR count). The molecule has 0 aromatic heterocycles. The quantitative estimate of drug-likeness (QED) is 0.826. The average Bonchev–Trinajstić information content (AvgIpc) is 3.20. The smallest absolute Gasteiger partial charge is 0.167 e. The van der Waals surface area contributed by atoms with Crippen LogP contribution < -0.4 is 0 Å². The van der Waals surface area contributed by atoms with Crippen LogP contribution in [0.25, 0.3) is 0 Å². The third-order valence-electron chi connectivity index (χ3n) is 4.60. The van der Waals surface area contributed by atoms with Gasteiger partial charge in [-0.2, -0.15) is 0 Å². The number of aliphatic imine (C=N–C) groups is 2. The molecule has 0 saturated carbocycles. The number of aliphatic hydroxyl groups is 1. The van der Waals surface area contributed by atoms with E-state index in [1.54, 1.807) is 23.5 Å². The summed E-state index contributed by atoms with van der Waals surface area (Å²) in [5.41, 5.74) is 0.797. The molecule has 1 fully saturated rings. The van der Waals surface area contributed by atoms with Gasteiger partial charge in [0.1, 0.15) is 0 Å². The fourth-order valence-corrected chi connectivity index (χ4v) is 5.56. The zero-order valence-corrected chi connectivity index (χ0v) is 16.0. The number of rotatable bonds is 2. The van der Waals surface area contributed by atoms with Crippen molar-refractivity contribution < 1.29 is 5.11 Å². The van der Waals surface area contributed by atoms with Crippen molar-refractivity contribution in [2.45, 2.75) is 33.4 Å². The molecule has 4 heterocycles.